The minimum atomic E-state index is -0.533. The molecule has 0 aromatic rings. The number of hydrogen-bond donors (Lipinski definition) is 2. The first-order chi connectivity index (χ1) is 13.2. The lowest BCUT2D eigenvalue weighted by Crippen LogP contribution is -2.34. The van der Waals surface area contributed by atoms with Crippen LogP contribution in [0, 0.1) is 0 Å². The summed E-state index contributed by atoms with van der Waals surface area (Å²) in [7, 11) is 0. The van der Waals surface area contributed by atoms with Crippen molar-refractivity contribution in [2.45, 2.75) is 109 Å². The highest BCUT2D eigenvalue weighted by Gasteiger charge is 2.26. The van der Waals surface area contributed by atoms with Crippen LogP contribution in [-0.2, 0) is 14.2 Å². The minimum absolute atomic E-state index is 0.169. The summed E-state index contributed by atoms with van der Waals surface area (Å²) in [5, 5.41) is 11.9. The molecule has 2 N–H and O–H groups in total. The van der Waals surface area contributed by atoms with Gasteiger partial charge in [0.15, 0.2) is 6.29 Å². The second kappa shape index (κ2) is 16.1. The molecule has 1 heterocycles. The van der Waals surface area contributed by atoms with E-state index >= 15 is 0 Å². The summed E-state index contributed by atoms with van der Waals surface area (Å²) < 4.78 is 16.5. The number of rotatable bonds is 16. The van der Waals surface area contributed by atoms with Crippen molar-refractivity contribution < 1.29 is 24.1 Å². The number of hydrogen-bond acceptors (Lipinski definition) is 5. The molecule has 0 bridgehead atoms. The van der Waals surface area contributed by atoms with Crippen molar-refractivity contribution in [3.8, 4) is 0 Å². The van der Waals surface area contributed by atoms with Crippen LogP contribution < -0.4 is 5.32 Å². The quantitative estimate of drug-likeness (QED) is 0.380. The van der Waals surface area contributed by atoms with Crippen LogP contribution in [0.25, 0.3) is 0 Å². The molecule has 1 aliphatic heterocycles. The maximum absolute atomic E-state index is 11.5. The maximum Gasteiger partial charge on any atom is 0.407 e. The van der Waals surface area contributed by atoms with Crippen LogP contribution in [0.5, 0.6) is 0 Å². The molecule has 0 saturated carbocycles. The summed E-state index contributed by atoms with van der Waals surface area (Å²) in [4.78, 5) is 11.5. The van der Waals surface area contributed by atoms with E-state index in [0.717, 1.165) is 12.8 Å². The summed E-state index contributed by atoms with van der Waals surface area (Å²) >= 11 is 0. The Bertz CT molecular complexity index is 366. The van der Waals surface area contributed by atoms with E-state index in [4.69, 9.17) is 14.2 Å². The summed E-state index contributed by atoms with van der Waals surface area (Å²) in [6.07, 6.45) is 13.2. The van der Waals surface area contributed by atoms with E-state index in [9.17, 15) is 9.90 Å². The van der Waals surface area contributed by atoms with Gasteiger partial charge in [-0.15, -0.1) is 0 Å². The van der Waals surface area contributed by atoms with Crippen LogP contribution in [0.4, 0.5) is 4.79 Å². The molecular weight excluding hydrogens is 346 g/mol. The fraction of sp³-hybridized carbons (Fsp3) is 0.952. The predicted molar refractivity (Wildman–Crippen MR) is 107 cm³/mol. The topological polar surface area (TPSA) is 77.0 Å². The van der Waals surface area contributed by atoms with Crippen LogP contribution >= 0.6 is 0 Å². The first-order valence-corrected chi connectivity index (χ1v) is 11.0. The lowest BCUT2D eigenvalue weighted by Gasteiger charge is -2.13. The van der Waals surface area contributed by atoms with Crippen LogP contribution in [0.1, 0.15) is 90.9 Å². The zero-order valence-corrected chi connectivity index (χ0v) is 17.4. The second-order valence-electron chi connectivity index (χ2n) is 7.53. The van der Waals surface area contributed by atoms with Gasteiger partial charge in [0.2, 0.25) is 0 Å². The molecule has 3 atom stereocenters. The number of amides is 1. The van der Waals surface area contributed by atoms with E-state index < -0.39 is 12.2 Å². The standard InChI is InChI=1S/C21H41NO5/c1-3-5-6-7-8-9-10-11-12-13-14-20-25-16-19(27-20)17-26-21(24)22-15-18(23)4-2/h18-20,23H,3-17H2,1-2H3,(H,22,24). The Labute approximate surface area is 165 Å². The highest BCUT2D eigenvalue weighted by Crippen LogP contribution is 2.19. The van der Waals surface area contributed by atoms with Crippen LogP contribution in [-0.4, -0.2) is 49.5 Å². The lowest BCUT2D eigenvalue weighted by molar-refractivity contribution is -0.0710. The monoisotopic (exact) mass is 387 g/mol. The molecule has 3 unspecified atom stereocenters. The number of carbonyl (C=O) groups excluding carboxylic acids is 1. The Morgan fingerprint density at radius 1 is 1.07 bits per heavy atom. The molecule has 1 rings (SSSR count). The van der Waals surface area contributed by atoms with Crippen molar-refractivity contribution in [1.29, 1.82) is 0 Å². The van der Waals surface area contributed by atoms with Crippen LogP contribution in [0.15, 0.2) is 0 Å². The fourth-order valence-corrected chi connectivity index (χ4v) is 3.11. The zero-order valence-electron chi connectivity index (χ0n) is 17.4. The van der Waals surface area contributed by atoms with Gasteiger partial charge in [0.1, 0.15) is 12.7 Å². The Morgan fingerprint density at radius 2 is 1.70 bits per heavy atom. The molecule has 1 saturated heterocycles. The fourth-order valence-electron chi connectivity index (χ4n) is 3.11. The first-order valence-electron chi connectivity index (χ1n) is 11.0. The van der Waals surface area contributed by atoms with Gasteiger partial charge in [-0.1, -0.05) is 71.6 Å². The molecule has 0 aromatic carbocycles. The average Bonchev–Trinajstić information content (AvgIpc) is 3.13. The normalized spacial score (nSPS) is 20.6. The summed E-state index contributed by atoms with van der Waals surface area (Å²) in [5.41, 5.74) is 0. The van der Waals surface area contributed by atoms with Gasteiger partial charge in [-0.3, -0.25) is 0 Å². The van der Waals surface area contributed by atoms with E-state index in [0.29, 0.717) is 13.0 Å². The van der Waals surface area contributed by atoms with Gasteiger partial charge in [-0.2, -0.15) is 0 Å². The SMILES string of the molecule is CCCCCCCCCCCCC1OCC(COC(=O)NCC(O)CC)O1. The molecular formula is C21H41NO5. The summed E-state index contributed by atoms with van der Waals surface area (Å²) in [5.74, 6) is 0. The number of aliphatic hydroxyl groups excluding tert-OH is 1. The lowest BCUT2D eigenvalue weighted by atomic mass is 10.1. The molecule has 1 fully saturated rings. The van der Waals surface area contributed by atoms with Crippen molar-refractivity contribution in [3.05, 3.63) is 0 Å². The molecule has 0 spiro atoms. The molecule has 6 nitrogen and oxygen atoms in total. The minimum Gasteiger partial charge on any atom is -0.447 e. The number of unbranched alkanes of at least 4 members (excludes halogenated alkanes) is 9. The van der Waals surface area contributed by atoms with Crippen molar-refractivity contribution in [2.24, 2.45) is 0 Å². The number of nitrogens with one attached hydrogen (secondary N) is 1. The Kier molecular flexibility index (Phi) is 14.5. The maximum atomic E-state index is 11.5. The Hall–Kier alpha value is -0.850. The molecule has 160 valence electrons. The summed E-state index contributed by atoms with van der Waals surface area (Å²) in [6.45, 7) is 4.97. The number of ether oxygens (including phenoxy) is 3. The van der Waals surface area contributed by atoms with Crippen molar-refractivity contribution in [3.63, 3.8) is 0 Å². The number of carbonyl (C=O) groups is 1. The molecule has 1 amide bonds. The van der Waals surface area contributed by atoms with Gasteiger partial charge in [0.05, 0.1) is 12.7 Å². The van der Waals surface area contributed by atoms with Crippen LogP contribution in [0.3, 0.4) is 0 Å². The molecule has 0 aromatic heterocycles. The van der Waals surface area contributed by atoms with Crippen LogP contribution in [0.2, 0.25) is 0 Å². The third-order valence-electron chi connectivity index (χ3n) is 4.96. The van der Waals surface area contributed by atoms with E-state index in [-0.39, 0.29) is 25.5 Å². The zero-order chi connectivity index (χ0) is 19.7. The predicted octanol–water partition coefficient (Wildman–Crippen LogP) is 4.54. The average molecular weight is 388 g/mol. The van der Waals surface area contributed by atoms with Crippen molar-refractivity contribution >= 4 is 6.09 Å². The van der Waals surface area contributed by atoms with Gasteiger partial charge < -0.3 is 24.6 Å². The van der Waals surface area contributed by atoms with Gasteiger partial charge in [0.25, 0.3) is 0 Å². The van der Waals surface area contributed by atoms with Gasteiger partial charge in [-0.05, 0) is 19.3 Å². The Balaban J connectivity index is 1.92. The Morgan fingerprint density at radius 3 is 2.33 bits per heavy atom. The molecule has 27 heavy (non-hydrogen) atoms. The molecule has 0 radical (unpaired) electrons. The first kappa shape index (κ1) is 24.2. The summed E-state index contributed by atoms with van der Waals surface area (Å²) in [6, 6.07) is 0. The molecule has 0 aliphatic carbocycles. The smallest absolute Gasteiger partial charge is 0.407 e. The van der Waals surface area contributed by atoms with E-state index in [1.807, 2.05) is 6.92 Å². The molecule has 1 aliphatic rings. The molecule has 6 heteroatoms. The highest BCUT2D eigenvalue weighted by atomic mass is 16.7. The second-order valence-corrected chi connectivity index (χ2v) is 7.53. The van der Waals surface area contributed by atoms with E-state index in [1.165, 1.54) is 57.8 Å². The van der Waals surface area contributed by atoms with Crippen molar-refractivity contribution in [2.75, 3.05) is 19.8 Å². The van der Waals surface area contributed by atoms with Gasteiger partial charge in [-0.25, -0.2) is 4.79 Å². The third-order valence-corrected chi connectivity index (χ3v) is 4.96. The third kappa shape index (κ3) is 13.0. The number of alkyl carbamates (subject to hydrolysis) is 1. The van der Waals surface area contributed by atoms with Gasteiger partial charge in [0, 0.05) is 6.54 Å². The van der Waals surface area contributed by atoms with E-state index in [2.05, 4.69) is 12.2 Å². The van der Waals surface area contributed by atoms with E-state index in [1.54, 1.807) is 0 Å². The largest absolute Gasteiger partial charge is 0.447 e. The van der Waals surface area contributed by atoms with Crippen molar-refractivity contribution in [1.82, 2.24) is 5.32 Å². The highest BCUT2D eigenvalue weighted by molar-refractivity contribution is 5.67. The van der Waals surface area contributed by atoms with Gasteiger partial charge >= 0.3 is 6.09 Å². The number of aliphatic hydroxyl groups is 1.